The van der Waals surface area contributed by atoms with E-state index in [1.165, 1.54) is 0 Å². The largest absolute Gasteiger partial charge is 0.295 e. The first kappa shape index (κ1) is 14.1. The van der Waals surface area contributed by atoms with Crippen LogP contribution in [0.15, 0.2) is 29.3 Å². The van der Waals surface area contributed by atoms with Gasteiger partial charge in [-0.15, -0.1) is 0 Å². The molecule has 0 atom stereocenters. The molecular formula is C15H19ClN2O. The van der Waals surface area contributed by atoms with Crippen molar-refractivity contribution < 1.29 is 4.79 Å². The minimum Gasteiger partial charge on any atom is -0.295 e. The molecule has 0 saturated heterocycles. The fourth-order valence-electron chi connectivity index (χ4n) is 2.11. The van der Waals surface area contributed by atoms with Gasteiger partial charge in [0.25, 0.3) is 0 Å². The molecule has 0 bridgehead atoms. The van der Waals surface area contributed by atoms with Crippen molar-refractivity contribution in [1.82, 2.24) is 4.90 Å². The lowest BCUT2D eigenvalue weighted by Crippen LogP contribution is -2.36. The van der Waals surface area contributed by atoms with Crippen LogP contribution < -0.4 is 0 Å². The summed E-state index contributed by atoms with van der Waals surface area (Å²) in [7, 11) is 0. The Hall–Kier alpha value is -1.35. The third-order valence-corrected chi connectivity index (χ3v) is 3.14. The van der Waals surface area contributed by atoms with Crippen LogP contribution in [0, 0.1) is 5.41 Å². The van der Waals surface area contributed by atoms with Gasteiger partial charge in [-0.05, 0) is 17.5 Å². The van der Waals surface area contributed by atoms with Crippen molar-refractivity contribution in [3.8, 4) is 0 Å². The number of halogens is 1. The fraction of sp³-hybridized carbons (Fsp3) is 0.467. The standard InChI is InChI=1S/C15H19ClN2O/c1-15(2,3)10-13(19)18-8-7-17-14(18)11-5-4-6-12(16)9-11/h4-6,9H,7-8,10H2,1-3H3. The van der Waals surface area contributed by atoms with Gasteiger partial charge in [0, 0.05) is 23.6 Å². The quantitative estimate of drug-likeness (QED) is 0.816. The Bertz CT molecular complexity index is 517. The molecule has 0 aromatic heterocycles. The van der Waals surface area contributed by atoms with Gasteiger partial charge in [-0.3, -0.25) is 14.7 Å². The number of amidine groups is 1. The number of aliphatic imine (C=N–C) groups is 1. The molecule has 1 aromatic rings. The fourth-order valence-corrected chi connectivity index (χ4v) is 2.30. The second kappa shape index (κ2) is 5.33. The summed E-state index contributed by atoms with van der Waals surface area (Å²) in [4.78, 5) is 18.6. The maximum Gasteiger partial charge on any atom is 0.228 e. The Balaban J connectivity index is 2.20. The van der Waals surface area contributed by atoms with E-state index in [0.717, 1.165) is 11.4 Å². The van der Waals surface area contributed by atoms with Crippen LogP contribution >= 0.6 is 11.6 Å². The third-order valence-electron chi connectivity index (χ3n) is 2.91. The second-order valence-corrected chi connectivity index (χ2v) is 6.43. The summed E-state index contributed by atoms with van der Waals surface area (Å²) >= 11 is 6.00. The summed E-state index contributed by atoms with van der Waals surface area (Å²) in [5.74, 6) is 0.875. The van der Waals surface area contributed by atoms with Crippen LogP contribution in [0.25, 0.3) is 0 Å². The first-order chi connectivity index (χ1) is 8.87. The van der Waals surface area contributed by atoms with E-state index in [9.17, 15) is 4.79 Å². The van der Waals surface area contributed by atoms with Crippen molar-refractivity contribution in [3.05, 3.63) is 34.9 Å². The zero-order valence-corrected chi connectivity index (χ0v) is 12.4. The highest BCUT2D eigenvalue weighted by Gasteiger charge is 2.27. The molecule has 2 rings (SSSR count). The predicted molar refractivity (Wildman–Crippen MR) is 78.6 cm³/mol. The van der Waals surface area contributed by atoms with Gasteiger partial charge in [-0.25, -0.2) is 0 Å². The molecule has 3 nitrogen and oxygen atoms in total. The van der Waals surface area contributed by atoms with Crippen LogP contribution in [-0.2, 0) is 4.79 Å². The molecule has 1 aliphatic heterocycles. The number of carbonyl (C=O) groups is 1. The summed E-state index contributed by atoms with van der Waals surface area (Å²) in [5.41, 5.74) is 0.895. The summed E-state index contributed by atoms with van der Waals surface area (Å²) in [5, 5.41) is 0.662. The smallest absolute Gasteiger partial charge is 0.228 e. The third kappa shape index (κ3) is 3.57. The predicted octanol–water partition coefficient (Wildman–Crippen LogP) is 3.37. The van der Waals surface area contributed by atoms with Crippen molar-refractivity contribution in [1.29, 1.82) is 0 Å². The minimum absolute atomic E-state index is 0.0148. The molecule has 102 valence electrons. The van der Waals surface area contributed by atoms with Gasteiger partial charge in [-0.2, -0.15) is 0 Å². The molecule has 1 aliphatic rings. The normalized spacial score (nSPS) is 15.6. The molecule has 0 fully saturated rings. The van der Waals surface area contributed by atoms with Gasteiger partial charge >= 0.3 is 0 Å². The van der Waals surface area contributed by atoms with Crippen LogP contribution in [-0.4, -0.2) is 29.7 Å². The monoisotopic (exact) mass is 278 g/mol. The van der Waals surface area contributed by atoms with Crippen LogP contribution in [0.2, 0.25) is 5.02 Å². The van der Waals surface area contributed by atoms with Crippen molar-refractivity contribution in [2.45, 2.75) is 27.2 Å². The molecule has 0 aliphatic carbocycles. The Morgan fingerprint density at radius 3 is 2.79 bits per heavy atom. The Labute approximate surface area is 119 Å². The lowest BCUT2D eigenvalue weighted by atomic mass is 9.91. The second-order valence-electron chi connectivity index (χ2n) is 6.00. The number of carbonyl (C=O) groups excluding carboxylic acids is 1. The molecule has 0 N–H and O–H groups in total. The first-order valence-electron chi connectivity index (χ1n) is 6.47. The van der Waals surface area contributed by atoms with E-state index in [2.05, 4.69) is 25.8 Å². The first-order valence-corrected chi connectivity index (χ1v) is 6.85. The average molecular weight is 279 g/mol. The zero-order valence-electron chi connectivity index (χ0n) is 11.6. The number of nitrogens with zero attached hydrogens (tertiary/aromatic N) is 2. The Kier molecular flexibility index (Phi) is 3.95. The van der Waals surface area contributed by atoms with E-state index in [-0.39, 0.29) is 11.3 Å². The molecule has 1 amide bonds. The number of amides is 1. The lowest BCUT2D eigenvalue weighted by molar-refractivity contribution is -0.128. The topological polar surface area (TPSA) is 32.7 Å². The van der Waals surface area contributed by atoms with Crippen molar-refractivity contribution in [2.24, 2.45) is 10.4 Å². The van der Waals surface area contributed by atoms with E-state index in [0.29, 0.717) is 24.5 Å². The van der Waals surface area contributed by atoms with E-state index >= 15 is 0 Å². The van der Waals surface area contributed by atoms with E-state index in [4.69, 9.17) is 11.6 Å². The number of hydrogen-bond donors (Lipinski definition) is 0. The Morgan fingerprint density at radius 2 is 2.16 bits per heavy atom. The molecule has 19 heavy (non-hydrogen) atoms. The number of hydrogen-bond acceptors (Lipinski definition) is 2. The maximum absolute atomic E-state index is 12.3. The minimum atomic E-state index is -0.0148. The van der Waals surface area contributed by atoms with Gasteiger partial charge < -0.3 is 0 Å². The number of benzene rings is 1. The van der Waals surface area contributed by atoms with Crippen molar-refractivity contribution in [2.75, 3.05) is 13.1 Å². The van der Waals surface area contributed by atoms with Gasteiger partial charge in [0.1, 0.15) is 5.84 Å². The number of rotatable bonds is 2. The molecule has 0 spiro atoms. The van der Waals surface area contributed by atoms with E-state index < -0.39 is 0 Å². The Morgan fingerprint density at radius 1 is 1.42 bits per heavy atom. The van der Waals surface area contributed by atoms with Gasteiger partial charge in [0.2, 0.25) is 5.91 Å². The van der Waals surface area contributed by atoms with Crippen LogP contribution in [0.4, 0.5) is 0 Å². The van der Waals surface area contributed by atoms with Crippen LogP contribution in [0.3, 0.4) is 0 Å². The molecule has 0 unspecified atom stereocenters. The maximum atomic E-state index is 12.3. The van der Waals surface area contributed by atoms with E-state index in [1.54, 1.807) is 4.90 Å². The van der Waals surface area contributed by atoms with Gasteiger partial charge in [0.05, 0.1) is 6.54 Å². The van der Waals surface area contributed by atoms with Gasteiger partial charge in [0.15, 0.2) is 0 Å². The highest BCUT2D eigenvalue weighted by atomic mass is 35.5. The molecule has 1 aromatic carbocycles. The molecule has 0 saturated carbocycles. The lowest BCUT2D eigenvalue weighted by Gasteiger charge is -2.24. The highest BCUT2D eigenvalue weighted by Crippen LogP contribution is 2.23. The SMILES string of the molecule is CC(C)(C)CC(=O)N1CCN=C1c1cccc(Cl)c1. The highest BCUT2D eigenvalue weighted by molar-refractivity contribution is 6.31. The summed E-state index contributed by atoms with van der Waals surface area (Å²) < 4.78 is 0. The molecule has 0 radical (unpaired) electrons. The molecular weight excluding hydrogens is 260 g/mol. The summed E-state index contributed by atoms with van der Waals surface area (Å²) in [6.45, 7) is 7.53. The zero-order chi connectivity index (χ0) is 14.0. The summed E-state index contributed by atoms with van der Waals surface area (Å²) in [6.07, 6.45) is 0.520. The molecule has 1 heterocycles. The van der Waals surface area contributed by atoms with Gasteiger partial charge in [-0.1, -0.05) is 44.5 Å². The van der Waals surface area contributed by atoms with Crippen molar-refractivity contribution >= 4 is 23.3 Å². The van der Waals surface area contributed by atoms with Crippen molar-refractivity contribution in [3.63, 3.8) is 0 Å². The molecule has 4 heteroatoms. The summed E-state index contributed by atoms with van der Waals surface area (Å²) in [6, 6.07) is 7.49. The average Bonchev–Trinajstić information content (AvgIpc) is 2.75. The van der Waals surface area contributed by atoms with E-state index in [1.807, 2.05) is 24.3 Å². The van der Waals surface area contributed by atoms with Crippen LogP contribution in [0.5, 0.6) is 0 Å². The van der Waals surface area contributed by atoms with Crippen LogP contribution in [0.1, 0.15) is 32.8 Å².